The Labute approximate surface area is 112 Å². The Bertz CT molecular complexity index is 253. The Morgan fingerprint density at radius 2 is 2.00 bits per heavy atom. The van der Waals surface area contributed by atoms with Crippen molar-refractivity contribution in [3.8, 4) is 0 Å². The largest absolute Gasteiger partial charge is 0.326 e. The highest BCUT2D eigenvalue weighted by Crippen LogP contribution is 2.20. The van der Waals surface area contributed by atoms with E-state index in [0.29, 0.717) is 17.9 Å². The van der Waals surface area contributed by atoms with E-state index < -0.39 is 0 Å². The third kappa shape index (κ3) is 4.27. The minimum absolute atomic E-state index is 0.0611. The molecule has 3 heteroatoms. The molecule has 0 aromatic rings. The zero-order valence-electron chi connectivity index (χ0n) is 12.5. The standard InChI is InChI=1S/C15H30N2O/c1-5-7-9-13(8-6-2)17-11-16-14(15(17)18)10-12(3)4/h12-14,16H,5-11H2,1-4H3. The average molecular weight is 254 g/mol. The van der Waals surface area contributed by atoms with Crippen LogP contribution in [0.25, 0.3) is 0 Å². The molecule has 1 amide bonds. The number of hydrogen-bond donors (Lipinski definition) is 1. The van der Waals surface area contributed by atoms with Crippen molar-refractivity contribution >= 4 is 5.91 Å². The molecule has 1 N–H and O–H groups in total. The van der Waals surface area contributed by atoms with Gasteiger partial charge in [0, 0.05) is 6.04 Å². The molecule has 1 heterocycles. The Hall–Kier alpha value is -0.570. The van der Waals surface area contributed by atoms with Crippen LogP contribution in [0.3, 0.4) is 0 Å². The smallest absolute Gasteiger partial charge is 0.241 e. The Morgan fingerprint density at radius 3 is 2.56 bits per heavy atom. The van der Waals surface area contributed by atoms with Crippen LogP contribution in [0, 0.1) is 5.92 Å². The van der Waals surface area contributed by atoms with Crippen molar-refractivity contribution in [2.45, 2.75) is 78.3 Å². The van der Waals surface area contributed by atoms with Gasteiger partial charge in [0.15, 0.2) is 0 Å². The maximum absolute atomic E-state index is 12.4. The highest BCUT2D eigenvalue weighted by atomic mass is 16.2. The summed E-state index contributed by atoms with van der Waals surface area (Å²) in [6, 6.07) is 0.512. The molecule has 1 rings (SSSR count). The van der Waals surface area contributed by atoms with E-state index in [1.807, 2.05) is 0 Å². The highest BCUT2D eigenvalue weighted by molar-refractivity contribution is 5.84. The van der Waals surface area contributed by atoms with Crippen LogP contribution in [-0.2, 0) is 4.79 Å². The van der Waals surface area contributed by atoms with E-state index in [1.54, 1.807) is 0 Å². The number of carbonyl (C=O) groups is 1. The zero-order chi connectivity index (χ0) is 13.5. The van der Waals surface area contributed by atoms with Gasteiger partial charge >= 0.3 is 0 Å². The predicted molar refractivity (Wildman–Crippen MR) is 76.3 cm³/mol. The number of rotatable bonds is 8. The lowest BCUT2D eigenvalue weighted by Gasteiger charge is -2.27. The first kappa shape index (κ1) is 15.5. The average Bonchev–Trinajstić information content (AvgIpc) is 2.66. The molecular formula is C15H30N2O. The molecule has 18 heavy (non-hydrogen) atoms. The Kier molecular flexibility index (Phi) is 6.69. The third-order valence-electron chi connectivity index (χ3n) is 3.75. The summed E-state index contributed by atoms with van der Waals surface area (Å²) in [5.41, 5.74) is 0. The number of carbonyl (C=O) groups excluding carboxylic acids is 1. The van der Waals surface area contributed by atoms with Crippen molar-refractivity contribution in [2.75, 3.05) is 6.67 Å². The molecule has 0 radical (unpaired) electrons. The highest BCUT2D eigenvalue weighted by Gasteiger charge is 2.34. The van der Waals surface area contributed by atoms with Gasteiger partial charge in [-0.2, -0.15) is 0 Å². The fraction of sp³-hybridized carbons (Fsp3) is 0.933. The molecule has 2 atom stereocenters. The lowest BCUT2D eigenvalue weighted by atomic mass is 10.0. The van der Waals surface area contributed by atoms with Crippen molar-refractivity contribution in [3.05, 3.63) is 0 Å². The number of hydrogen-bond acceptors (Lipinski definition) is 2. The maximum atomic E-state index is 12.4. The first-order valence-electron chi connectivity index (χ1n) is 7.63. The van der Waals surface area contributed by atoms with Crippen LogP contribution < -0.4 is 5.32 Å². The van der Waals surface area contributed by atoms with Gasteiger partial charge in [-0.1, -0.05) is 47.0 Å². The van der Waals surface area contributed by atoms with Gasteiger partial charge in [-0.25, -0.2) is 0 Å². The summed E-state index contributed by atoms with van der Waals surface area (Å²) >= 11 is 0. The van der Waals surface area contributed by atoms with Gasteiger partial charge in [0.1, 0.15) is 0 Å². The van der Waals surface area contributed by atoms with Crippen molar-refractivity contribution in [1.29, 1.82) is 0 Å². The van der Waals surface area contributed by atoms with Gasteiger partial charge < -0.3 is 4.90 Å². The van der Waals surface area contributed by atoms with Crippen LogP contribution in [0.4, 0.5) is 0 Å². The molecule has 0 spiro atoms. The van der Waals surface area contributed by atoms with Gasteiger partial charge in [-0.3, -0.25) is 10.1 Å². The van der Waals surface area contributed by atoms with Crippen LogP contribution >= 0.6 is 0 Å². The van der Waals surface area contributed by atoms with Crippen LogP contribution in [-0.4, -0.2) is 29.6 Å². The summed E-state index contributed by atoms with van der Waals surface area (Å²) in [4.78, 5) is 14.5. The lowest BCUT2D eigenvalue weighted by Crippen LogP contribution is -2.39. The summed E-state index contributed by atoms with van der Waals surface area (Å²) in [6.45, 7) is 9.54. The zero-order valence-corrected chi connectivity index (χ0v) is 12.5. The van der Waals surface area contributed by atoms with Crippen LogP contribution in [0.15, 0.2) is 0 Å². The summed E-state index contributed by atoms with van der Waals surface area (Å²) in [7, 11) is 0. The molecule has 2 unspecified atom stereocenters. The van der Waals surface area contributed by atoms with E-state index in [2.05, 4.69) is 37.9 Å². The van der Waals surface area contributed by atoms with E-state index in [4.69, 9.17) is 0 Å². The minimum atomic E-state index is 0.0611. The second-order valence-corrected chi connectivity index (χ2v) is 5.94. The summed E-state index contributed by atoms with van der Waals surface area (Å²) in [5, 5.41) is 3.38. The fourth-order valence-corrected chi connectivity index (χ4v) is 2.77. The number of nitrogens with one attached hydrogen (secondary N) is 1. The topological polar surface area (TPSA) is 32.3 Å². The van der Waals surface area contributed by atoms with Crippen molar-refractivity contribution < 1.29 is 4.79 Å². The molecule has 1 fully saturated rings. The molecule has 0 bridgehead atoms. The van der Waals surface area contributed by atoms with Gasteiger partial charge in [-0.05, 0) is 25.2 Å². The van der Waals surface area contributed by atoms with Gasteiger partial charge in [-0.15, -0.1) is 0 Å². The van der Waals surface area contributed by atoms with Crippen LogP contribution in [0.2, 0.25) is 0 Å². The third-order valence-corrected chi connectivity index (χ3v) is 3.75. The molecule has 1 aliphatic rings. The minimum Gasteiger partial charge on any atom is -0.326 e. The number of nitrogens with zero attached hydrogens (tertiary/aromatic N) is 1. The SMILES string of the molecule is CCCCC(CCC)N1CNC(CC(C)C)C1=O. The molecule has 0 saturated carbocycles. The van der Waals surface area contributed by atoms with Crippen LogP contribution in [0.1, 0.15) is 66.2 Å². The van der Waals surface area contributed by atoms with Crippen molar-refractivity contribution in [2.24, 2.45) is 5.92 Å². The summed E-state index contributed by atoms with van der Waals surface area (Å²) < 4.78 is 0. The Balaban J connectivity index is 2.55. The van der Waals surface area contributed by atoms with Gasteiger partial charge in [0.2, 0.25) is 5.91 Å². The second kappa shape index (κ2) is 7.78. The Morgan fingerprint density at radius 1 is 1.28 bits per heavy atom. The maximum Gasteiger partial charge on any atom is 0.241 e. The quantitative estimate of drug-likeness (QED) is 0.721. The summed E-state index contributed by atoms with van der Waals surface area (Å²) in [5.74, 6) is 0.907. The van der Waals surface area contributed by atoms with E-state index in [1.165, 1.54) is 12.8 Å². The van der Waals surface area contributed by atoms with E-state index in [9.17, 15) is 4.79 Å². The molecule has 0 aromatic heterocycles. The predicted octanol–water partition coefficient (Wildman–Crippen LogP) is 3.15. The molecule has 1 aliphatic heterocycles. The fourth-order valence-electron chi connectivity index (χ4n) is 2.77. The molecule has 106 valence electrons. The number of amides is 1. The van der Waals surface area contributed by atoms with E-state index in [0.717, 1.165) is 32.4 Å². The molecule has 0 aromatic carbocycles. The first-order valence-corrected chi connectivity index (χ1v) is 7.63. The van der Waals surface area contributed by atoms with E-state index in [-0.39, 0.29) is 6.04 Å². The molecule has 1 saturated heterocycles. The monoisotopic (exact) mass is 254 g/mol. The lowest BCUT2D eigenvalue weighted by molar-refractivity contribution is -0.131. The number of unbranched alkanes of at least 4 members (excludes halogenated alkanes) is 1. The second-order valence-electron chi connectivity index (χ2n) is 5.94. The van der Waals surface area contributed by atoms with Gasteiger partial charge in [0.05, 0.1) is 12.7 Å². The van der Waals surface area contributed by atoms with Crippen molar-refractivity contribution in [1.82, 2.24) is 10.2 Å². The van der Waals surface area contributed by atoms with Gasteiger partial charge in [0.25, 0.3) is 0 Å². The first-order chi connectivity index (χ1) is 8.60. The summed E-state index contributed by atoms with van der Waals surface area (Å²) in [6.07, 6.45) is 6.86. The molecule has 0 aliphatic carbocycles. The van der Waals surface area contributed by atoms with Crippen LogP contribution in [0.5, 0.6) is 0 Å². The normalized spacial score (nSPS) is 21.9. The van der Waals surface area contributed by atoms with Crippen molar-refractivity contribution in [3.63, 3.8) is 0 Å². The van der Waals surface area contributed by atoms with E-state index >= 15 is 0 Å². The molecular weight excluding hydrogens is 224 g/mol. The molecule has 3 nitrogen and oxygen atoms in total.